The highest BCUT2D eigenvalue weighted by molar-refractivity contribution is 7.97. The van der Waals surface area contributed by atoms with Crippen molar-refractivity contribution in [3.05, 3.63) is 83.9 Å². The van der Waals surface area contributed by atoms with Crippen LogP contribution in [0.3, 0.4) is 0 Å². The van der Waals surface area contributed by atoms with E-state index in [0.29, 0.717) is 34.8 Å². The van der Waals surface area contributed by atoms with Gasteiger partial charge >= 0.3 is 0 Å². The van der Waals surface area contributed by atoms with Crippen molar-refractivity contribution < 1.29 is 4.74 Å². The third-order valence-corrected chi connectivity index (χ3v) is 7.61. The maximum absolute atomic E-state index is 6.40. The molecule has 0 bridgehead atoms. The average molecular weight is 606 g/mol. The van der Waals surface area contributed by atoms with E-state index in [2.05, 4.69) is 109 Å². The second kappa shape index (κ2) is 14.3. The predicted molar refractivity (Wildman–Crippen MR) is 185 cm³/mol. The summed E-state index contributed by atoms with van der Waals surface area (Å²) >= 11 is 8.99. The molecule has 0 aromatic heterocycles. The minimum atomic E-state index is -0.754. The summed E-state index contributed by atoms with van der Waals surface area (Å²) in [6.07, 6.45) is 0.677. The standard InChI is InChI=1S/C32H43N7OS2/c1-30(2,3)32(6,33)40-21-20-31(4,5)35-29(42)39-36-26(23-15-9-8-10-16-23)27(37-38-28(41)34-7)25-19-13-17-22-14-11-12-18-24(22)25/h8-19H,20-21,33H2,1-7H3,(H2,34,38,41)(H2,35,39,42)/b36-26+,37-27+. The summed E-state index contributed by atoms with van der Waals surface area (Å²) in [5.41, 5.74) is 7.82. The van der Waals surface area contributed by atoms with Crippen molar-refractivity contribution in [1.82, 2.24) is 10.6 Å². The van der Waals surface area contributed by atoms with Crippen LogP contribution < -0.4 is 16.4 Å². The Labute approximate surface area is 260 Å². The first-order valence-electron chi connectivity index (χ1n) is 13.9. The van der Waals surface area contributed by atoms with Crippen molar-refractivity contribution in [3.63, 3.8) is 0 Å². The lowest BCUT2D eigenvalue weighted by atomic mass is 9.85. The van der Waals surface area contributed by atoms with E-state index < -0.39 is 5.72 Å². The summed E-state index contributed by atoms with van der Waals surface area (Å²) in [5, 5.41) is 27.1. The summed E-state index contributed by atoms with van der Waals surface area (Å²) in [4.78, 5) is 0. The number of rotatable bonds is 10. The van der Waals surface area contributed by atoms with Crippen LogP contribution in [0.5, 0.6) is 0 Å². The van der Waals surface area contributed by atoms with Crippen LogP contribution in [0.2, 0.25) is 0 Å². The molecule has 4 N–H and O–H groups in total. The molecule has 0 saturated heterocycles. The molecule has 1 atom stereocenters. The molecule has 3 rings (SSSR count). The number of thiol groups is 2. The molecule has 3 aromatic rings. The predicted octanol–water partition coefficient (Wildman–Crippen LogP) is 6.24. The lowest BCUT2D eigenvalue weighted by Gasteiger charge is -2.39. The van der Waals surface area contributed by atoms with E-state index in [1.165, 1.54) is 0 Å². The lowest BCUT2D eigenvalue weighted by Crippen LogP contribution is -2.52. The lowest BCUT2D eigenvalue weighted by molar-refractivity contribution is -0.103. The Kier molecular flexibility index (Phi) is 11.4. The molecule has 0 fully saturated rings. The zero-order valence-electron chi connectivity index (χ0n) is 25.5. The van der Waals surface area contributed by atoms with Crippen molar-refractivity contribution in [2.75, 3.05) is 13.7 Å². The molecule has 8 nitrogen and oxygen atoms in total. The average Bonchev–Trinajstić information content (AvgIpc) is 2.93. The van der Waals surface area contributed by atoms with Gasteiger partial charge in [-0.1, -0.05) is 93.6 Å². The summed E-state index contributed by atoms with van der Waals surface area (Å²) in [6.45, 7) is 12.7. The van der Waals surface area contributed by atoms with E-state index in [4.69, 9.17) is 10.5 Å². The molecule has 0 aliphatic rings. The van der Waals surface area contributed by atoms with Gasteiger partial charge in [-0.2, -0.15) is 0 Å². The Bertz CT molecular complexity index is 1470. The van der Waals surface area contributed by atoms with Gasteiger partial charge in [-0.05, 0) is 38.0 Å². The summed E-state index contributed by atoms with van der Waals surface area (Å²) < 4.78 is 6.04. The van der Waals surface area contributed by atoms with Gasteiger partial charge in [0.2, 0.25) is 0 Å². The van der Waals surface area contributed by atoms with Crippen LogP contribution in [0.15, 0.2) is 93.2 Å². The van der Waals surface area contributed by atoms with Crippen LogP contribution in [-0.2, 0) is 4.74 Å². The van der Waals surface area contributed by atoms with Crippen molar-refractivity contribution in [2.24, 2.45) is 31.6 Å². The Morgan fingerprint density at radius 3 is 2.02 bits per heavy atom. The fraction of sp³-hybridized carbons (Fsp3) is 0.375. The number of ether oxygens (including phenoxy) is 1. The number of fused-ring (bicyclic) bond motifs is 1. The molecule has 3 aromatic carbocycles. The van der Waals surface area contributed by atoms with Gasteiger partial charge in [0.25, 0.3) is 0 Å². The van der Waals surface area contributed by atoms with Crippen molar-refractivity contribution in [2.45, 2.75) is 59.2 Å². The summed E-state index contributed by atoms with van der Waals surface area (Å²) in [6, 6.07) is 23.9. The van der Waals surface area contributed by atoms with Crippen LogP contribution in [0.1, 0.15) is 59.1 Å². The number of nitrogens with one attached hydrogen (secondary N) is 2. The molecule has 0 heterocycles. The smallest absolute Gasteiger partial charge is 0.180 e. The fourth-order valence-electron chi connectivity index (χ4n) is 3.87. The second-order valence-corrected chi connectivity index (χ2v) is 12.7. The van der Waals surface area contributed by atoms with Gasteiger partial charge in [0, 0.05) is 29.1 Å². The van der Waals surface area contributed by atoms with Crippen LogP contribution in [-0.4, -0.2) is 46.7 Å². The molecule has 0 amide bonds. The monoisotopic (exact) mass is 605 g/mol. The Morgan fingerprint density at radius 2 is 1.36 bits per heavy atom. The molecule has 224 valence electrons. The quantitative estimate of drug-likeness (QED) is 0.0620. The van der Waals surface area contributed by atoms with Crippen molar-refractivity contribution >= 4 is 57.8 Å². The maximum atomic E-state index is 6.40. The number of nitrogens with zero attached hydrogens (tertiary/aromatic N) is 4. The van der Waals surface area contributed by atoms with Crippen LogP contribution in [0.25, 0.3) is 10.8 Å². The molecule has 1 unspecified atom stereocenters. The number of nitrogens with two attached hydrogens (primary N) is 1. The van der Waals surface area contributed by atoms with E-state index in [1.54, 1.807) is 7.05 Å². The van der Waals surface area contributed by atoms with E-state index in [1.807, 2.05) is 61.5 Å². The highest BCUT2D eigenvalue weighted by atomic mass is 32.1. The van der Waals surface area contributed by atoms with Crippen molar-refractivity contribution in [3.8, 4) is 0 Å². The molecule has 0 radical (unpaired) electrons. The first-order valence-corrected chi connectivity index (χ1v) is 14.8. The summed E-state index contributed by atoms with van der Waals surface area (Å²) in [7, 11) is 1.73. The number of amidine groups is 2. The number of hydrogen-bond donors (Lipinski definition) is 5. The second-order valence-electron chi connectivity index (χ2n) is 11.9. The molecular weight excluding hydrogens is 563 g/mol. The zero-order valence-corrected chi connectivity index (χ0v) is 27.3. The molecule has 0 spiro atoms. The van der Waals surface area contributed by atoms with Gasteiger partial charge in [0.05, 0.1) is 6.61 Å². The molecule has 0 saturated carbocycles. The van der Waals surface area contributed by atoms with E-state index >= 15 is 0 Å². The van der Waals surface area contributed by atoms with Gasteiger partial charge in [0.15, 0.2) is 10.3 Å². The van der Waals surface area contributed by atoms with Gasteiger partial charge < -0.3 is 21.1 Å². The number of hydrogen-bond acceptors (Lipinski definition) is 6. The third-order valence-electron chi connectivity index (χ3n) is 7.10. The van der Waals surface area contributed by atoms with Crippen molar-refractivity contribution in [1.29, 1.82) is 0 Å². The van der Waals surface area contributed by atoms with Gasteiger partial charge in [-0.15, -0.1) is 45.7 Å². The molecule has 42 heavy (non-hydrogen) atoms. The fourth-order valence-corrected chi connectivity index (χ4v) is 4.26. The van der Waals surface area contributed by atoms with Crippen LogP contribution in [0.4, 0.5) is 0 Å². The topological polar surface area (TPSA) is 109 Å². The highest BCUT2D eigenvalue weighted by Gasteiger charge is 2.35. The zero-order chi connectivity index (χ0) is 31.0. The molecule has 0 aliphatic heterocycles. The van der Waals surface area contributed by atoms with Gasteiger partial charge in [0.1, 0.15) is 17.1 Å². The van der Waals surface area contributed by atoms with E-state index in [-0.39, 0.29) is 11.0 Å². The first kappa shape index (κ1) is 33.3. The van der Waals surface area contributed by atoms with Crippen LogP contribution >= 0.6 is 25.3 Å². The maximum Gasteiger partial charge on any atom is 0.180 e. The first-order chi connectivity index (χ1) is 19.7. The SMILES string of the molecule is CN/C(S)=N/N=C(/C(=N/N=C(\S)NC(C)(C)CCOC(C)(N)C(C)(C)C)c1ccccc1)c1cccc2ccccc12. The molecular formula is C32H43N7OS2. The van der Waals surface area contributed by atoms with E-state index in [9.17, 15) is 0 Å². The Morgan fingerprint density at radius 1 is 0.762 bits per heavy atom. The third kappa shape index (κ3) is 9.16. The Balaban J connectivity index is 2.01. The van der Waals surface area contributed by atoms with Crippen LogP contribution in [0, 0.1) is 5.41 Å². The largest absolute Gasteiger partial charge is 0.366 e. The minimum absolute atomic E-state index is 0.197. The Hall–Kier alpha value is -3.18. The number of benzene rings is 3. The molecule has 0 aliphatic carbocycles. The normalized spacial score (nSPS) is 15.5. The van der Waals surface area contributed by atoms with E-state index in [0.717, 1.165) is 21.9 Å². The van der Waals surface area contributed by atoms with Gasteiger partial charge in [-0.3, -0.25) is 0 Å². The minimum Gasteiger partial charge on any atom is -0.366 e. The molecule has 10 heteroatoms. The summed E-state index contributed by atoms with van der Waals surface area (Å²) in [5.74, 6) is 0. The van der Waals surface area contributed by atoms with Gasteiger partial charge in [-0.25, -0.2) is 0 Å². The highest BCUT2D eigenvalue weighted by Crippen LogP contribution is 2.29.